The average molecular weight is 136 g/mol. The van der Waals surface area contributed by atoms with Crippen molar-refractivity contribution in [2.45, 2.75) is 0 Å². The van der Waals surface area contributed by atoms with Gasteiger partial charge in [0, 0.05) is 6.07 Å². The summed E-state index contributed by atoms with van der Waals surface area (Å²) in [4.78, 5) is 0. The zero-order chi connectivity index (χ0) is 5.28. The lowest BCUT2D eigenvalue weighted by molar-refractivity contribution is 0.657. The molecule has 0 N–H and O–H groups in total. The Labute approximate surface area is 49.5 Å². The third-order valence-electron chi connectivity index (χ3n) is 0.486. The summed E-state index contributed by atoms with van der Waals surface area (Å²) in [5.74, 6) is 0. The summed E-state index contributed by atoms with van der Waals surface area (Å²) in [5, 5.41) is -0.287. The molecular formula is C4HClFS. The fourth-order valence-corrected chi connectivity index (χ4v) is 0.941. The normalized spacial score (nSPS) is 9.43. The molecular weight excluding hydrogens is 135 g/mol. The van der Waals surface area contributed by atoms with Crippen LogP contribution >= 0.6 is 22.9 Å². The molecule has 1 heterocycles. The van der Waals surface area contributed by atoms with E-state index in [4.69, 9.17) is 11.6 Å². The minimum Gasteiger partial charge on any atom is -0.195 e. The van der Waals surface area contributed by atoms with Crippen molar-refractivity contribution in [2.75, 3.05) is 0 Å². The first-order chi connectivity index (χ1) is 3.29. The second-order valence-electron chi connectivity index (χ2n) is 0.969. The Morgan fingerprint density at radius 2 is 2.57 bits per heavy atom. The summed E-state index contributed by atoms with van der Waals surface area (Å²) in [6.07, 6.45) is 0. The molecule has 0 aromatic carbocycles. The van der Waals surface area contributed by atoms with Crippen LogP contribution in [0.1, 0.15) is 0 Å². The molecule has 0 unspecified atom stereocenters. The minimum atomic E-state index is -0.287. The first-order valence-corrected chi connectivity index (χ1v) is 2.81. The highest BCUT2D eigenvalue weighted by atomic mass is 35.5. The van der Waals surface area contributed by atoms with Gasteiger partial charge in [-0.25, -0.2) is 0 Å². The molecule has 0 spiro atoms. The van der Waals surface area contributed by atoms with Crippen LogP contribution in [-0.2, 0) is 0 Å². The lowest BCUT2D eigenvalue weighted by Crippen LogP contribution is -1.44. The van der Waals surface area contributed by atoms with Crippen molar-refractivity contribution >= 4 is 22.9 Å². The highest BCUT2D eigenvalue weighted by Crippen LogP contribution is 2.17. The van der Waals surface area contributed by atoms with Gasteiger partial charge in [-0.3, -0.25) is 0 Å². The molecule has 0 atom stereocenters. The maximum atomic E-state index is 11.8. The molecule has 0 aliphatic heterocycles. The summed E-state index contributed by atoms with van der Waals surface area (Å²) in [6.45, 7) is 0. The fourth-order valence-electron chi connectivity index (χ4n) is 0.258. The first-order valence-electron chi connectivity index (χ1n) is 1.61. The van der Waals surface area contributed by atoms with Crippen molar-refractivity contribution in [1.82, 2.24) is 0 Å². The van der Waals surface area contributed by atoms with E-state index in [0.717, 1.165) is 11.3 Å². The second kappa shape index (κ2) is 1.80. The largest absolute Gasteiger partial charge is 0.195 e. The molecule has 0 saturated heterocycles. The van der Waals surface area contributed by atoms with Gasteiger partial charge in [-0.15, -0.1) is 0 Å². The molecule has 0 saturated carbocycles. The molecule has 37 valence electrons. The van der Waals surface area contributed by atoms with E-state index in [9.17, 15) is 4.39 Å². The van der Waals surface area contributed by atoms with Gasteiger partial charge in [0.2, 0.25) is 0 Å². The van der Waals surface area contributed by atoms with Crippen LogP contribution in [0.25, 0.3) is 0 Å². The SMILES string of the molecule is Fc1c[c]c(Cl)s1. The third-order valence-corrected chi connectivity index (χ3v) is 1.44. The van der Waals surface area contributed by atoms with Crippen molar-refractivity contribution in [3.05, 3.63) is 21.6 Å². The van der Waals surface area contributed by atoms with E-state index >= 15 is 0 Å². The fraction of sp³-hybridized carbons (Fsp3) is 0. The monoisotopic (exact) mass is 135 g/mol. The smallest absolute Gasteiger partial charge is 0.178 e. The number of rotatable bonds is 0. The number of thiophene rings is 1. The van der Waals surface area contributed by atoms with Gasteiger partial charge in [0.15, 0.2) is 5.13 Å². The second-order valence-corrected chi connectivity index (χ2v) is 2.57. The molecule has 0 nitrogen and oxygen atoms in total. The molecule has 0 bridgehead atoms. The number of halogens is 2. The molecule has 7 heavy (non-hydrogen) atoms. The molecule has 1 aromatic rings. The highest BCUT2D eigenvalue weighted by molar-refractivity contribution is 7.14. The van der Waals surface area contributed by atoms with Gasteiger partial charge in [-0.2, -0.15) is 4.39 Å². The average Bonchev–Trinajstić information content (AvgIpc) is 1.87. The Morgan fingerprint density at radius 3 is 2.71 bits per heavy atom. The van der Waals surface area contributed by atoms with E-state index in [1.165, 1.54) is 6.07 Å². The Hall–Kier alpha value is -0.0800. The molecule has 0 aliphatic carbocycles. The van der Waals surface area contributed by atoms with E-state index in [1.807, 2.05) is 0 Å². The highest BCUT2D eigenvalue weighted by Gasteiger charge is 1.91. The molecule has 1 rings (SSSR count). The topological polar surface area (TPSA) is 0 Å². The third kappa shape index (κ3) is 1.14. The summed E-state index contributed by atoms with van der Waals surface area (Å²) >= 11 is 6.17. The summed E-state index contributed by atoms with van der Waals surface area (Å²) in [5.41, 5.74) is 0. The van der Waals surface area contributed by atoms with E-state index in [1.54, 1.807) is 0 Å². The van der Waals surface area contributed by atoms with Crippen LogP contribution in [0.5, 0.6) is 0 Å². The molecule has 0 fully saturated rings. The van der Waals surface area contributed by atoms with E-state index in [0.29, 0.717) is 4.34 Å². The van der Waals surface area contributed by atoms with Gasteiger partial charge < -0.3 is 0 Å². The van der Waals surface area contributed by atoms with Crippen molar-refractivity contribution in [1.29, 1.82) is 0 Å². The van der Waals surface area contributed by atoms with Gasteiger partial charge in [-0.1, -0.05) is 22.9 Å². The van der Waals surface area contributed by atoms with Gasteiger partial charge in [0.1, 0.15) is 4.34 Å². The van der Waals surface area contributed by atoms with E-state index < -0.39 is 0 Å². The zero-order valence-electron chi connectivity index (χ0n) is 3.24. The van der Waals surface area contributed by atoms with Gasteiger partial charge in [0.05, 0.1) is 0 Å². The zero-order valence-corrected chi connectivity index (χ0v) is 4.81. The molecule has 3 heteroatoms. The lowest BCUT2D eigenvalue weighted by atomic mass is 10.7. The molecule has 1 aromatic heterocycles. The molecule has 0 amide bonds. The van der Waals surface area contributed by atoms with E-state index in [-0.39, 0.29) is 5.13 Å². The van der Waals surface area contributed by atoms with Crippen LogP contribution in [0.2, 0.25) is 4.34 Å². The molecule has 1 radical (unpaired) electrons. The Kier molecular flexibility index (Phi) is 1.30. The lowest BCUT2D eigenvalue weighted by Gasteiger charge is -1.65. The predicted octanol–water partition coefficient (Wildman–Crippen LogP) is 2.34. The predicted molar refractivity (Wildman–Crippen MR) is 28.1 cm³/mol. The Balaban J connectivity index is 3.04. The van der Waals surface area contributed by atoms with Crippen LogP contribution in [0.3, 0.4) is 0 Å². The van der Waals surface area contributed by atoms with Crippen molar-refractivity contribution in [3.8, 4) is 0 Å². The van der Waals surface area contributed by atoms with Crippen LogP contribution in [0, 0.1) is 11.2 Å². The van der Waals surface area contributed by atoms with Crippen LogP contribution in [0.15, 0.2) is 6.07 Å². The van der Waals surface area contributed by atoms with Crippen LogP contribution in [0.4, 0.5) is 4.39 Å². The maximum absolute atomic E-state index is 11.8. The van der Waals surface area contributed by atoms with Crippen LogP contribution < -0.4 is 0 Å². The van der Waals surface area contributed by atoms with Crippen molar-refractivity contribution in [3.63, 3.8) is 0 Å². The maximum Gasteiger partial charge on any atom is 0.178 e. The number of hydrogen-bond acceptors (Lipinski definition) is 1. The van der Waals surface area contributed by atoms with E-state index in [2.05, 4.69) is 6.07 Å². The number of hydrogen-bond donors (Lipinski definition) is 0. The Morgan fingerprint density at radius 1 is 1.86 bits per heavy atom. The summed E-state index contributed by atoms with van der Waals surface area (Å²) in [6, 6.07) is 3.69. The van der Waals surface area contributed by atoms with Crippen molar-refractivity contribution in [2.24, 2.45) is 0 Å². The Bertz CT molecular complexity index is 144. The standard InChI is InChI=1S/C4HClFS/c5-3-1-2-4(6)7-3/h2H. The van der Waals surface area contributed by atoms with Crippen molar-refractivity contribution < 1.29 is 4.39 Å². The minimum absolute atomic E-state index is 0.287. The first kappa shape index (κ1) is 5.06. The van der Waals surface area contributed by atoms with Crippen LogP contribution in [-0.4, -0.2) is 0 Å². The van der Waals surface area contributed by atoms with Gasteiger partial charge in [-0.05, 0) is 6.07 Å². The van der Waals surface area contributed by atoms with Gasteiger partial charge in [0.25, 0.3) is 0 Å². The van der Waals surface area contributed by atoms with Gasteiger partial charge >= 0.3 is 0 Å². The summed E-state index contributed by atoms with van der Waals surface area (Å²) < 4.78 is 12.2. The quantitative estimate of drug-likeness (QED) is 0.512. The molecule has 0 aliphatic rings. The summed E-state index contributed by atoms with van der Waals surface area (Å²) in [7, 11) is 0.